The van der Waals surface area contributed by atoms with Crippen LogP contribution in [0.5, 0.6) is 0 Å². The van der Waals surface area contributed by atoms with E-state index in [1.54, 1.807) is 4.68 Å². The van der Waals surface area contributed by atoms with Gasteiger partial charge < -0.3 is 9.80 Å². The molecule has 7 heteroatoms. The van der Waals surface area contributed by atoms with Gasteiger partial charge in [0.25, 0.3) is 0 Å². The van der Waals surface area contributed by atoms with E-state index in [1.165, 1.54) is 19.3 Å². The highest BCUT2D eigenvalue weighted by molar-refractivity contribution is 5.80. The molecule has 1 amide bonds. The van der Waals surface area contributed by atoms with Crippen molar-refractivity contribution in [2.24, 2.45) is 17.8 Å². The number of fused-ring (bicyclic) bond motifs is 2. The van der Waals surface area contributed by atoms with E-state index in [1.807, 2.05) is 30.3 Å². The number of carbonyl (C=O) groups is 1. The Kier molecular flexibility index (Phi) is 3.87. The van der Waals surface area contributed by atoms with Gasteiger partial charge in [-0.1, -0.05) is 29.7 Å². The van der Waals surface area contributed by atoms with Crippen molar-refractivity contribution in [3.05, 3.63) is 30.3 Å². The fourth-order valence-electron chi connectivity index (χ4n) is 5.02. The molecular weight excluding hydrogens is 328 g/mol. The van der Waals surface area contributed by atoms with E-state index in [4.69, 9.17) is 0 Å². The normalized spacial score (nSPS) is 27.9. The summed E-state index contributed by atoms with van der Waals surface area (Å²) < 4.78 is 1.77. The minimum Gasteiger partial charge on any atom is -0.339 e. The molecule has 26 heavy (non-hydrogen) atoms. The monoisotopic (exact) mass is 352 g/mol. The lowest BCUT2D eigenvalue weighted by Crippen LogP contribution is -2.51. The summed E-state index contributed by atoms with van der Waals surface area (Å²) in [6.45, 7) is 3.07. The number of nitrogens with zero attached hydrogens (tertiary/aromatic N) is 6. The van der Waals surface area contributed by atoms with Crippen molar-refractivity contribution in [2.45, 2.75) is 25.7 Å². The summed E-state index contributed by atoms with van der Waals surface area (Å²) in [6.07, 6.45) is 5.00. The number of hydrogen-bond acceptors (Lipinski definition) is 5. The first kappa shape index (κ1) is 15.8. The number of benzene rings is 1. The maximum absolute atomic E-state index is 12.9. The van der Waals surface area contributed by atoms with Crippen molar-refractivity contribution in [3.8, 4) is 5.69 Å². The molecular formula is C19H24N6O. The van der Waals surface area contributed by atoms with Gasteiger partial charge in [-0.05, 0) is 53.7 Å². The molecule has 1 aliphatic heterocycles. The summed E-state index contributed by atoms with van der Waals surface area (Å²) in [7, 11) is 0. The van der Waals surface area contributed by atoms with Gasteiger partial charge in [-0.2, -0.15) is 4.68 Å². The second-order valence-corrected chi connectivity index (χ2v) is 7.82. The minimum atomic E-state index is 0.287. The molecule has 1 saturated heterocycles. The maximum Gasteiger partial charge on any atom is 0.250 e. The second kappa shape index (κ2) is 6.37. The van der Waals surface area contributed by atoms with Gasteiger partial charge in [0.15, 0.2) is 0 Å². The van der Waals surface area contributed by atoms with E-state index in [9.17, 15) is 4.79 Å². The highest BCUT2D eigenvalue weighted by Gasteiger charge is 2.44. The van der Waals surface area contributed by atoms with Crippen LogP contribution in [0.3, 0.4) is 0 Å². The van der Waals surface area contributed by atoms with Crippen LogP contribution < -0.4 is 4.90 Å². The molecule has 136 valence electrons. The van der Waals surface area contributed by atoms with Crippen molar-refractivity contribution in [1.82, 2.24) is 25.1 Å². The number of para-hydroxylation sites is 1. The molecule has 0 radical (unpaired) electrons. The van der Waals surface area contributed by atoms with E-state index in [2.05, 4.69) is 25.3 Å². The van der Waals surface area contributed by atoms with Gasteiger partial charge in [-0.15, -0.1) is 0 Å². The summed E-state index contributed by atoms with van der Waals surface area (Å²) in [5.74, 6) is 2.89. The number of hydrogen-bond donors (Lipinski definition) is 0. The Morgan fingerprint density at radius 3 is 2.50 bits per heavy atom. The number of rotatable bonds is 3. The molecule has 1 aromatic heterocycles. The molecule has 3 unspecified atom stereocenters. The third kappa shape index (κ3) is 2.66. The quantitative estimate of drug-likeness (QED) is 0.842. The Hall–Kier alpha value is -2.44. The van der Waals surface area contributed by atoms with Crippen LogP contribution in [0.1, 0.15) is 25.7 Å². The zero-order chi connectivity index (χ0) is 17.5. The highest BCUT2D eigenvalue weighted by atomic mass is 16.2. The van der Waals surface area contributed by atoms with Crippen LogP contribution in [0.2, 0.25) is 0 Å². The Balaban J connectivity index is 1.25. The van der Waals surface area contributed by atoms with E-state index in [-0.39, 0.29) is 5.92 Å². The van der Waals surface area contributed by atoms with Crippen molar-refractivity contribution in [3.63, 3.8) is 0 Å². The Morgan fingerprint density at radius 2 is 1.81 bits per heavy atom. The molecule has 2 aliphatic carbocycles. The predicted octanol–water partition coefficient (Wildman–Crippen LogP) is 1.75. The van der Waals surface area contributed by atoms with Crippen molar-refractivity contribution >= 4 is 11.9 Å². The SMILES string of the molecule is O=C(C1CC2CCC1C2)N1CCN(c2nnnn2-c2ccccc2)CC1. The molecule has 2 aromatic rings. The first-order chi connectivity index (χ1) is 12.8. The summed E-state index contributed by atoms with van der Waals surface area (Å²) in [6, 6.07) is 9.93. The summed E-state index contributed by atoms with van der Waals surface area (Å²) in [5.41, 5.74) is 0.952. The van der Waals surface area contributed by atoms with Crippen LogP contribution in [-0.2, 0) is 4.79 Å². The largest absolute Gasteiger partial charge is 0.339 e. The lowest BCUT2D eigenvalue weighted by molar-refractivity contribution is -0.137. The van der Waals surface area contributed by atoms with E-state index >= 15 is 0 Å². The number of aromatic nitrogens is 4. The molecule has 3 atom stereocenters. The van der Waals surface area contributed by atoms with Crippen LogP contribution >= 0.6 is 0 Å². The van der Waals surface area contributed by atoms with Gasteiger partial charge in [0.05, 0.1) is 5.69 Å². The average molecular weight is 352 g/mol. The Bertz CT molecular complexity index is 782. The van der Waals surface area contributed by atoms with E-state index in [0.29, 0.717) is 11.8 Å². The zero-order valence-electron chi connectivity index (χ0n) is 14.9. The minimum absolute atomic E-state index is 0.287. The number of amides is 1. The van der Waals surface area contributed by atoms with Crippen LogP contribution in [0.15, 0.2) is 30.3 Å². The molecule has 5 rings (SSSR count). The van der Waals surface area contributed by atoms with Gasteiger partial charge in [0, 0.05) is 32.1 Å². The molecule has 7 nitrogen and oxygen atoms in total. The molecule has 3 fully saturated rings. The van der Waals surface area contributed by atoms with E-state index < -0.39 is 0 Å². The predicted molar refractivity (Wildman–Crippen MR) is 96.9 cm³/mol. The van der Waals surface area contributed by atoms with Crippen LogP contribution in [0.4, 0.5) is 5.95 Å². The molecule has 0 spiro atoms. The lowest BCUT2D eigenvalue weighted by Gasteiger charge is -2.37. The van der Waals surface area contributed by atoms with Gasteiger partial charge >= 0.3 is 0 Å². The summed E-state index contributed by atoms with van der Waals surface area (Å²) >= 11 is 0. The first-order valence-electron chi connectivity index (χ1n) is 9.67. The zero-order valence-corrected chi connectivity index (χ0v) is 14.9. The highest BCUT2D eigenvalue weighted by Crippen LogP contribution is 2.48. The molecule has 2 heterocycles. The molecule has 2 bridgehead atoms. The number of anilines is 1. The maximum atomic E-state index is 12.9. The molecule has 2 saturated carbocycles. The van der Waals surface area contributed by atoms with Gasteiger partial charge in [-0.3, -0.25) is 4.79 Å². The Labute approximate surface area is 153 Å². The standard InChI is InChI=1S/C19H24N6O/c26-18(17-13-14-6-7-15(17)12-14)23-8-10-24(11-9-23)19-20-21-22-25(19)16-4-2-1-3-5-16/h1-5,14-15,17H,6-13H2. The third-order valence-electron chi connectivity index (χ3n) is 6.38. The smallest absolute Gasteiger partial charge is 0.250 e. The average Bonchev–Trinajstić information content (AvgIpc) is 3.45. The summed E-state index contributed by atoms with van der Waals surface area (Å²) in [4.78, 5) is 17.2. The summed E-state index contributed by atoms with van der Waals surface area (Å²) in [5, 5.41) is 12.2. The molecule has 3 aliphatic rings. The fourth-order valence-corrected chi connectivity index (χ4v) is 5.02. The molecule has 1 aromatic carbocycles. The van der Waals surface area contributed by atoms with Crippen LogP contribution in [-0.4, -0.2) is 57.2 Å². The Morgan fingerprint density at radius 1 is 1.00 bits per heavy atom. The number of carbonyl (C=O) groups excluding carboxylic acids is 1. The van der Waals surface area contributed by atoms with E-state index in [0.717, 1.165) is 50.2 Å². The lowest BCUT2D eigenvalue weighted by atomic mass is 9.87. The van der Waals surface area contributed by atoms with Crippen LogP contribution in [0, 0.1) is 17.8 Å². The van der Waals surface area contributed by atoms with Crippen molar-refractivity contribution in [1.29, 1.82) is 0 Å². The van der Waals surface area contributed by atoms with Crippen molar-refractivity contribution < 1.29 is 4.79 Å². The first-order valence-corrected chi connectivity index (χ1v) is 9.67. The molecule has 0 N–H and O–H groups in total. The van der Waals surface area contributed by atoms with Crippen molar-refractivity contribution in [2.75, 3.05) is 31.1 Å². The fraction of sp³-hybridized carbons (Fsp3) is 0.579. The van der Waals surface area contributed by atoms with Crippen LogP contribution in [0.25, 0.3) is 5.69 Å². The van der Waals surface area contributed by atoms with Gasteiger partial charge in [-0.25, -0.2) is 0 Å². The number of piperazine rings is 1. The third-order valence-corrected chi connectivity index (χ3v) is 6.38. The number of tetrazole rings is 1. The van der Waals surface area contributed by atoms with Gasteiger partial charge in [0.1, 0.15) is 0 Å². The second-order valence-electron chi connectivity index (χ2n) is 7.82. The van der Waals surface area contributed by atoms with Gasteiger partial charge in [0.2, 0.25) is 11.9 Å². The topological polar surface area (TPSA) is 67.2 Å².